The molecule has 26 heavy (non-hydrogen) atoms. The van der Waals surface area contributed by atoms with Crippen molar-refractivity contribution < 1.29 is 23.1 Å². The van der Waals surface area contributed by atoms with Crippen LogP contribution in [0.3, 0.4) is 0 Å². The van der Waals surface area contributed by atoms with Gasteiger partial charge in [0.15, 0.2) is 5.01 Å². The van der Waals surface area contributed by atoms with Crippen LogP contribution in [0.15, 0.2) is 18.2 Å². The highest BCUT2D eigenvalue weighted by molar-refractivity contribution is 7.16. The van der Waals surface area contributed by atoms with Crippen LogP contribution in [0.2, 0.25) is 0 Å². The molecule has 0 atom stereocenters. The Balaban J connectivity index is 1.72. The van der Waals surface area contributed by atoms with Gasteiger partial charge < -0.3 is 15.4 Å². The van der Waals surface area contributed by atoms with Gasteiger partial charge in [-0.3, -0.25) is 9.59 Å². The Morgan fingerprint density at radius 1 is 1.35 bits per heavy atom. The Morgan fingerprint density at radius 2 is 2.12 bits per heavy atom. The number of aromatic nitrogens is 2. The zero-order chi connectivity index (χ0) is 18.7. The van der Waals surface area contributed by atoms with E-state index in [1.165, 1.54) is 6.07 Å². The van der Waals surface area contributed by atoms with Crippen molar-refractivity contribution in [2.24, 2.45) is 0 Å². The normalized spacial score (nSPS) is 15.2. The smallest absolute Gasteiger partial charge is 0.308 e. The number of benzene rings is 1. The molecule has 138 valence electrons. The standard InChI is InChI=1S/C16H16F2N4O3S/c1-2-25-12(23)6-16(7-19-8-16)20-13(24)15-22-21-14(26-15)10-4-3-9(17)5-11(10)18/h3-5,19H,2,6-8H2,1H3,(H,20,24). The minimum atomic E-state index is -0.782. The molecule has 1 aliphatic rings. The topological polar surface area (TPSA) is 93.2 Å². The second-order valence-electron chi connectivity index (χ2n) is 5.86. The molecule has 7 nitrogen and oxygen atoms in total. The number of carbonyl (C=O) groups is 2. The Morgan fingerprint density at radius 3 is 2.73 bits per heavy atom. The number of halogens is 2. The summed E-state index contributed by atoms with van der Waals surface area (Å²) in [5.41, 5.74) is -0.675. The summed E-state index contributed by atoms with van der Waals surface area (Å²) in [7, 11) is 0. The fraction of sp³-hybridized carbons (Fsp3) is 0.375. The van der Waals surface area contributed by atoms with Crippen molar-refractivity contribution >= 4 is 23.2 Å². The lowest BCUT2D eigenvalue weighted by Gasteiger charge is -2.42. The Bertz CT molecular complexity index is 839. The molecule has 1 fully saturated rings. The number of hydrogen-bond donors (Lipinski definition) is 2. The molecular formula is C16H16F2N4O3S. The van der Waals surface area contributed by atoms with Crippen LogP contribution in [0.25, 0.3) is 10.6 Å². The largest absolute Gasteiger partial charge is 0.466 e. The van der Waals surface area contributed by atoms with Gasteiger partial charge in [0.25, 0.3) is 5.91 Å². The highest BCUT2D eigenvalue weighted by Crippen LogP contribution is 2.27. The molecule has 0 saturated carbocycles. The lowest BCUT2D eigenvalue weighted by molar-refractivity contribution is -0.145. The maximum Gasteiger partial charge on any atom is 0.308 e. The van der Waals surface area contributed by atoms with Gasteiger partial charge in [0.2, 0.25) is 5.01 Å². The molecule has 10 heteroatoms. The number of ether oxygens (including phenoxy) is 1. The summed E-state index contributed by atoms with van der Waals surface area (Å²) in [6.07, 6.45) is 0.0395. The summed E-state index contributed by atoms with van der Waals surface area (Å²) in [4.78, 5) is 24.2. The zero-order valence-corrected chi connectivity index (χ0v) is 14.7. The Hall–Kier alpha value is -2.46. The molecule has 0 spiro atoms. The summed E-state index contributed by atoms with van der Waals surface area (Å²) in [5.74, 6) is -2.40. The number of esters is 1. The average Bonchev–Trinajstić information content (AvgIpc) is 3.02. The molecule has 1 aliphatic heterocycles. The van der Waals surface area contributed by atoms with Crippen LogP contribution in [-0.4, -0.2) is 47.3 Å². The van der Waals surface area contributed by atoms with E-state index in [0.29, 0.717) is 13.1 Å². The van der Waals surface area contributed by atoms with Gasteiger partial charge >= 0.3 is 5.97 Å². The van der Waals surface area contributed by atoms with Crippen molar-refractivity contribution in [3.63, 3.8) is 0 Å². The monoisotopic (exact) mass is 382 g/mol. The van der Waals surface area contributed by atoms with Gasteiger partial charge in [0.05, 0.1) is 18.6 Å². The predicted octanol–water partition coefficient (Wildman–Crippen LogP) is 1.51. The first kappa shape index (κ1) is 18.3. The second-order valence-corrected chi connectivity index (χ2v) is 6.83. The zero-order valence-electron chi connectivity index (χ0n) is 13.8. The van der Waals surface area contributed by atoms with Crippen molar-refractivity contribution in [2.45, 2.75) is 18.9 Å². The number of carbonyl (C=O) groups excluding carboxylic acids is 2. The lowest BCUT2D eigenvalue weighted by Crippen LogP contribution is -2.69. The van der Waals surface area contributed by atoms with Crippen LogP contribution >= 0.6 is 11.3 Å². The van der Waals surface area contributed by atoms with Crippen LogP contribution in [0.5, 0.6) is 0 Å². The quantitative estimate of drug-likeness (QED) is 0.736. The molecule has 2 heterocycles. The average molecular weight is 382 g/mol. The first-order valence-electron chi connectivity index (χ1n) is 7.90. The molecule has 1 amide bonds. The fourth-order valence-corrected chi connectivity index (χ4v) is 3.32. The van der Waals surface area contributed by atoms with Crippen LogP contribution < -0.4 is 10.6 Å². The number of nitrogens with one attached hydrogen (secondary N) is 2. The molecule has 0 unspecified atom stereocenters. The van der Waals surface area contributed by atoms with E-state index in [9.17, 15) is 18.4 Å². The van der Waals surface area contributed by atoms with E-state index in [1.807, 2.05) is 0 Å². The molecule has 1 saturated heterocycles. The van der Waals surface area contributed by atoms with E-state index in [1.54, 1.807) is 6.92 Å². The molecule has 1 aromatic heterocycles. The Kier molecular flexibility index (Phi) is 5.23. The van der Waals surface area contributed by atoms with E-state index in [0.717, 1.165) is 23.5 Å². The van der Waals surface area contributed by atoms with Gasteiger partial charge in [-0.25, -0.2) is 8.78 Å². The van der Waals surface area contributed by atoms with Crippen molar-refractivity contribution in [1.82, 2.24) is 20.8 Å². The number of rotatable bonds is 6. The summed E-state index contributed by atoms with van der Waals surface area (Å²) in [6.45, 7) is 2.82. The van der Waals surface area contributed by atoms with Gasteiger partial charge in [-0.1, -0.05) is 11.3 Å². The van der Waals surface area contributed by atoms with E-state index >= 15 is 0 Å². The maximum absolute atomic E-state index is 13.8. The molecule has 2 aromatic rings. The van der Waals surface area contributed by atoms with Crippen molar-refractivity contribution in [3.8, 4) is 10.6 Å². The third kappa shape index (κ3) is 3.86. The molecule has 1 aromatic carbocycles. The lowest BCUT2D eigenvalue weighted by atomic mass is 9.88. The summed E-state index contributed by atoms with van der Waals surface area (Å²) in [5, 5.41) is 13.6. The first-order valence-corrected chi connectivity index (χ1v) is 8.72. The SMILES string of the molecule is CCOC(=O)CC1(NC(=O)c2nnc(-c3ccc(F)cc3F)s2)CNC1. The number of nitrogens with zero attached hydrogens (tertiary/aromatic N) is 2. The van der Waals surface area contributed by atoms with E-state index in [-0.39, 0.29) is 28.6 Å². The molecule has 3 rings (SSSR count). The van der Waals surface area contributed by atoms with Gasteiger partial charge in [-0.05, 0) is 19.1 Å². The number of amides is 1. The van der Waals surface area contributed by atoms with Crippen molar-refractivity contribution in [3.05, 3.63) is 34.8 Å². The first-order chi connectivity index (χ1) is 12.4. The summed E-state index contributed by atoms with van der Waals surface area (Å²) >= 11 is 0.885. The van der Waals surface area contributed by atoms with Gasteiger partial charge in [-0.2, -0.15) is 0 Å². The minimum absolute atomic E-state index is 0.0267. The Labute approximate surface area is 151 Å². The van der Waals surface area contributed by atoms with E-state index in [4.69, 9.17) is 4.74 Å². The second kappa shape index (κ2) is 7.42. The van der Waals surface area contributed by atoms with Crippen molar-refractivity contribution in [1.29, 1.82) is 0 Å². The highest BCUT2D eigenvalue weighted by Gasteiger charge is 2.41. The third-order valence-electron chi connectivity index (χ3n) is 3.87. The molecule has 2 N–H and O–H groups in total. The van der Waals surface area contributed by atoms with E-state index < -0.39 is 29.0 Å². The van der Waals surface area contributed by atoms with Crippen LogP contribution in [0.4, 0.5) is 8.78 Å². The minimum Gasteiger partial charge on any atom is -0.466 e. The molecule has 0 aliphatic carbocycles. The van der Waals surface area contributed by atoms with Crippen LogP contribution in [-0.2, 0) is 9.53 Å². The third-order valence-corrected chi connectivity index (χ3v) is 4.83. The predicted molar refractivity (Wildman–Crippen MR) is 89.6 cm³/mol. The maximum atomic E-state index is 13.8. The van der Waals surface area contributed by atoms with Crippen molar-refractivity contribution in [2.75, 3.05) is 19.7 Å². The number of hydrogen-bond acceptors (Lipinski definition) is 7. The molecule has 0 radical (unpaired) electrons. The van der Waals surface area contributed by atoms with Gasteiger partial charge in [-0.15, -0.1) is 10.2 Å². The van der Waals surface area contributed by atoms with E-state index in [2.05, 4.69) is 20.8 Å². The molecular weight excluding hydrogens is 366 g/mol. The van der Waals surface area contributed by atoms with Gasteiger partial charge in [0, 0.05) is 24.7 Å². The van der Waals surface area contributed by atoms with Crippen LogP contribution in [0, 0.1) is 11.6 Å². The molecule has 0 bridgehead atoms. The van der Waals surface area contributed by atoms with Gasteiger partial charge in [0.1, 0.15) is 11.6 Å². The fourth-order valence-electron chi connectivity index (χ4n) is 2.55. The summed E-state index contributed by atoms with van der Waals surface area (Å²) in [6, 6.07) is 3.09. The summed E-state index contributed by atoms with van der Waals surface area (Å²) < 4.78 is 31.8. The van der Waals surface area contributed by atoms with Crippen LogP contribution in [0.1, 0.15) is 23.1 Å². The highest BCUT2D eigenvalue weighted by atomic mass is 32.1.